The van der Waals surface area contributed by atoms with E-state index in [1.165, 1.54) is 12.8 Å². The minimum absolute atomic E-state index is 0.251. The summed E-state index contributed by atoms with van der Waals surface area (Å²) >= 11 is 0. The summed E-state index contributed by atoms with van der Waals surface area (Å²) in [5.74, 6) is 1.48. The maximum Gasteiger partial charge on any atom is 0.225 e. The topological polar surface area (TPSA) is 46.3 Å². The van der Waals surface area contributed by atoms with Crippen LogP contribution < -0.4 is 5.73 Å². The smallest absolute Gasteiger partial charge is 0.225 e. The SMILES string of the molecule is CC1(CN)CCN(C(=O)C2CCC(C(C)(C)C)CC2)CC1. The molecule has 0 bridgehead atoms. The first-order valence-corrected chi connectivity index (χ1v) is 8.74. The molecule has 1 aliphatic heterocycles. The number of rotatable bonds is 2. The second-order valence-corrected chi connectivity index (χ2v) is 8.75. The lowest BCUT2D eigenvalue weighted by molar-refractivity contribution is -0.139. The number of hydrogen-bond acceptors (Lipinski definition) is 2. The van der Waals surface area contributed by atoms with Gasteiger partial charge >= 0.3 is 0 Å². The molecule has 0 unspecified atom stereocenters. The quantitative estimate of drug-likeness (QED) is 0.848. The molecular formula is C18H34N2O. The van der Waals surface area contributed by atoms with Crippen molar-refractivity contribution in [3.8, 4) is 0 Å². The summed E-state index contributed by atoms with van der Waals surface area (Å²) in [6.07, 6.45) is 6.73. The van der Waals surface area contributed by atoms with Crippen LogP contribution >= 0.6 is 0 Å². The Balaban J connectivity index is 1.83. The first kappa shape index (κ1) is 16.8. The predicted molar refractivity (Wildman–Crippen MR) is 87.9 cm³/mol. The molecule has 122 valence electrons. The van der Waals surface area contributed by atoms with E-state index in [0.29, 0.717) is 11.3 Å². The molecule has 21 heavy (non-hydrogen) atoms. The lowest BCUT2D eigenvalue weighted by atomic mass is 9.69. The molecule has 2 N–H and O–H groups in total. The molecule has 3 heteroatoms. The number of carbonyl (C=O) groups is 1. The summed E-state index contributed by atoms with van der Waals surface area (Å²) in [7, 11) is 0. The van der Waals surface area contributed by atoms with E-state index >= 15 is 0 Å². The Bertz CT molecular complexity index is 356. The Morgan fingerprint density at radius 3 is 2.10 bits per heavy atom. The van der Waals surface area contributed by atoms with Crippen LogP contribution in [0, 0.1) is 22.7 Å². The van der Waals surface area contributed by atoms with Crippen LogP contribution in [-0.2, 0) is 4.79 Å². The summed E-state index contributed by atoms with van der Waals surface area (Å²) in [4.78, 5) is 14.8. The molecule has 1 saturated heterocycles. The predicted octanol–water partition coefficient (Wildman–Crippen LogP) is 3.43. The van der Waals surface area contributed by atoms with E-state index in [9.17, 15) is 4.79 Å². The van der Waals surface area contributed by atoms with Crippen molar-refractivity contribution in [3.63, 3.8) is 0 Å². The summed E-state index contributed by atoms with van der Waals surface area (Å²) in [5.41, 5.74) is 6.50. The molecule has 0 aromatic carbocycles. The monoisotopic (exact) mass is 294 g/mol. The number of hydrogen-bond donors (Lipinski definition) is 1. The first-order chi connectivity index (χ1) is 9.75. The van der Waals surface area contributed by atoms with Crippen molar-refractivity contribution < 1.29 is 4.79 Å². The van der Waals surface area contributed by atoms with Gasteiger partial charge in [-0.2, -0.15) is 0 Å². The van der Waals surface area contributed by atoms with E-state index in [1.54, 1.807) is 0 Å². The van der Waals surface area contributed by atoms with E-state index in [1.807, 2.05) is 0 Å². The Hall–Kier alpha value is -0.570. The fraction of sp³-hybridized carbons (Fsp3) is 0.944. The van der Waals surface area contributed by atoms with Crippen LogP contribution in [0.2, 0.25) is 0 Å². The maximum atomic E-state index is 12.7. The van der Waals surface area contributed by atoms with Gasteiger partial charge in [-0.15, -0.1) is 0 Å². The van der Waals surface area contributed by atoms with Crippen LogP contribution in [0.15, 0.2) is 0 Å². The van der Waals surface area contributed by atoms with Gasteiger partial charge in [-0.3, -0.25) is 4.79 Å². The van der Waals surface area contributed by atoms with Gasteiger partial charge in [-0.25, -0.2) is 0 Å². The Kier molecular flexibility index (Phi) is 5.02. The number of nitrogens with two attached hydrogens (primary N) is 1. The van der Waals surface area contributed by atoms with Crippen molar-refractivity contribution in [2.75, 3.05) is 19.6 Å². The van der Waals surface area contributed by atoms with Crippen molar-refractivity contribution in [3.05, 3.63) is 0 Å². The average molecular weight is 294 g/mol. The molecule has 1 aliphatic carbocycles. The third-order valence-electron chi connectivity index (χ3n) is 6.08. The minimum Gasteiger partial charge on any atom is -0.342 e. The summed E-state index contributed by atoms with van der Waals surface area (Å²) < 4.78 is 0. The minimum atomic E-state index is 0.251. The Labute approximate surface area is 130 Å². The van der Waals surface area contributed by atoms with E-state index in [0.717, 1.165) is 51.2 Å². The molecule has 2 aliphatic rings. The van der Waals surface area contributed by atoms with Crippen LogP contribution in [-0.4, -0.2) is 30.4 Å². The van der Waals surface area contributed by atoms with E-state index < -0.39 is 0 Å². The fourth-order valence-corrected chi connectivity index (χ4v) is 3.94. The molecule has 1 amide bonds. The van der Waals surface area contributed by atoms with Gasteiger partial charge in [-0.1, -0.05) is 27.7 Å². The van der Waals surface area contributed by atoms with Crippen LogP contribution in [0.3, 0.4) is 0 Å². The highest BCUT2D eigenvalue weighted by Crippen LogP contribution is 2.40. The van der Waals surface area contributed by atoms with E-state index in [2.05, 4.69) is 32.6 Å². The number of amides is 1. The lowest BCUT2D eigenvalue weighted by Gasteiger charge is -2.42. The molecule has 1 saturated carbocycles. The van der Waals surface area contributed by atoms with Crippen molar-refractivity contribution in [2.45, 2.75) is 66.2 Å². The highest BCUT2D eigenvalue weighted by atomic mass is 16.2. The van der Waals surface area contributed by atoms with Crippen molar-refractivity contribution in [2.24, 2.45) is 28.4 Å². The fourth-order valence-electron chi connectivity index (χ4n) is 3.94. The summed E-state index contributed by atoms with van der Waals surface area (Å²) in [5, 5.41) is 0. The average Bonchev–Trinajstić information content (AvgIpc) is 2.47. The van der Waals surface area contributed by atoms with Crippen LogP contribution in [0.5, 0.6) is 0 Å². The van der Waals surface area contributed by atoms with Crippen molar-refractivity contribution in [1.29, 1.82) is 0 Å². The number of nitrogens with zero attached hydrogens (tertiary/aromatic N) is 1. The van der Waals surface area contributed by atoms with Gasteiger partial charge in [0.25, 0.3) is 0 Å². The Morgan fingerprint density at radius 1 is 1.14 bits per heavy atom. The van der Waals surface area contributed by atoms with Crippen LogP contribution in [0.25, 0.3) is 0 Å². The molecule has 0 atom stereocenters. The number of carbonyl (C=O) groups excluding carboxylic acids is 1. The van der Waals surface area contributed by atoms with Crippen LogP contribution in [0.4, 0.5) is 0 Å². The van der Waals surface area contributed by atoms with Gasteiger partial charge in [0.15, 0.2) is 0 Å². The molecule has 0 radical (unpaired) electrons. The highest BCUT2D eigenvalue weighted by molar-refractivity contribution is 5.79. The zero-order chi connectivity index (χ0) is 15.7. The molecule has 2 fully saturated rings. The van der Waals surface area contributed by atoms with Gasteiger partial charge in [0.1, 0.15) is 0 Å². The molecular weight excluding hydrogens is 260 g/mol. The van der Waals surface area contributed by atoms with E-state index in [4.69, 9.17) is 5.73 Å². The third kappa shape index (κ3) is 4.00. The second kappa shape index (κ2) is 6.28. The second-order valence-electron chi connectivity index (χ2n) is 8.75. The summed E-state index contributed by atoms with van der Waals surface area (Å²) in [6.45, 7) is 11.8. The van der Waals surface area contributed by atoms with E-state index in [-0.39, 0.29) is 11.3 Å². The standard InChI is InChI=1S/C18H34N2O/c1-17(2,3)15-7-5-14(6-8-15)16(21)20-11-9-18(4,13-19)10-12-20/h14-15H,5-13,19H2,1-4H3. The summed E-state index contributed by atoms with van der Waals surface area (Å²) in [6, 6.07) is 0. The van der Waals surface area contributed by atoms with Gasteiger partial charge in [0, 0.05) is 19.0 Å². The molecule has 3 nitrogen and oxygen atoms in total. The third-order valence-corrected chi connectivity index (χ3v) is 6.08. The normalized spacial score (nSPS) is 30.2. The van der Waals surface area contributed by atoms with Gasteiger partial charge in [-0.05, 0) is 61.8 Å². The van der Waals surface area contributed by atoms with Gasteiger partial charge < -0.3 is 10.6 Å². The van der Waals surface area contributed by atoms with Crippen LogP contribution in [0.1, 0.15) is 66.2 Å². The molecule has 1 heterocycles. The number of likely N-dealkylation sites (tertiary alicyclic amines) is 1. The zero-order valence-electron chi connectivity index (χ0n) is 14.5. The molecule has 2 rings (SSSR count). The largest absolute Gasteiger partial charge is 0.342 e. The maximum absolute atomic E-state index is 12.7. The zero-order valence-corrected chi connectivity index (χ0v) is 14.5. The van der Waals surface area contributed by atoms with Gasteiger partial charge in [0.05, 0.1) is 0 Å². The molecule has 0 aromatic rings. The highest BCUT2D eigenvalue weighted by Gasteiger charge is 2.36. The number of piperidine rings is 1. The Morgan fingerprint density at radius 2 is 1.67 bits per heavy atom. The van der Waals surface area contributed by atoms with Gasteiger partial charge in [0.2, 0.25) is 5.91 Å². The molecule has 0 aromatic heterocycles. The van der Waals surface area contributed by atoms with Crippen molar-refractivity contribution in [1.82, 2.24) is 4.90 Å². The molecule has 0 spiro atoms. The first-order valence-electron chi connectivity index (χ1n) is 8.74. The van der Waals surface area contributed by atoms with Crippen molar-refractivity contribution >= 4 is 5.91 Å². The lowest BCUT2D eigenvalue weighted by Crippen LogP contribution is -2.47.